The summed E-state index contributed by atoms with van der Waals surface area (Å²) < 4.78 is 0. The van der Waals surface area contributed by atoms with Gasteiger partial charge in [0.15, 0.2) is 0 Å². The fourth-order valence-electron chi connectivity index (χ4n) is 1.12. The van der Waals surface area contributed by atoms with Crippen LogP contribution in [-0.4, -0.2) is 6.21 Å². The highest BCUT2D eigenvalue weighted by Crippen LogP contribution is 2.31. The largest absolute Gasteiger partial charge is 0.265 e. The van der Waals surface area contributed by atoms with Crippen molar-refractivity contribution in [1.29, 1.82) is 0 Å². The first-order valence-corrected chi connectivity index (χ1v) is 6.10. The lowest BCUT2D eigenvalue weighted by Gasteiger charge is -2.24. The van der Waals surface area contributed by atoms with E-state index < -0.39 is 0 Å². The van der Waals surface area contributed by atoms with E-state index in [4.69, 9.17) is 0 Å². The first kappa shape index (κ1) is 15.4. The number of hydrogen-bond acceptors (Lipinski definition) is 1. The van der Waals surface area contributed by atoms with Gasteiger partial charge in [0.05, 0.1) is 0 Å². The number of aliphatic imine (C=N–C) groups is 1. The van der Waals surface area contributed by atoms with Gasteiger partial charge in [-0.3, -0.25) is 4.99 Å². The zero-order valence-corrected chi connectivity index (χ0v) is 12.6. The molecule has 0 spiro atoms. The molecular formula is C15H29N. The minimum absolute atomic E-state index is 0.106. The van der Waals surface area contributed by atoms with Crippen molar-refractivity contribution in [3.63, 3.8) is 0 Å². The average molecular weight is 223 g/mol. The highest BCUT2D eigenvalue weighted by atomic mass is 14.8. The molecule has 94 valence electrons. The van der Waals surface area contributed by atoms with Crippen molar-refractivity contribution in [2.24, 2.45) is 21.2 Å². The summed E-state index contributed by atoms with van der Waals surface area (Å²) in [6.07, 6.45) is 4.32. The molecule has 0 aromatic rings. The quantitative estimate of drug-likeness (QED) is 0.550. The SMILES string of the molecule is CC(C)(C)C=NC(=CC(C)(C)C)C(C)(C)C. The van der Waals surface area contributed by atoms with Gasteiger partial charge in [-0.15, -0.1) is 0 Å². The summed E-state index contributed by atoms with van der Waals surface area (Å²) in [6, 6.07) is 0. The third kappa shape index (κ3) is 7.67. The van der Waals surface area contributed by atoms with E-state index in [9.17, 15) is 0 Å². The number of nitrogens with zero attached hydrogens (tertiary/aromatic N) is 1. The Morgan fingerprint density at radius 1 is 0.750 bits per heavy atom. The van der Waals surface area contributed by atoms with Crippen LogP contribution in [0.25, 0.3) is 0 Å². The van der Waals surface area contributed by atoms with Gasteiger partial charge in [0.2, 0.25) is 0 Å². The average Bonchev–Trinajstić information content (AvgIpc) is 1.91. The second-order valence-electron chi connectivity index (χ2n) is 7.77. The van der Waals surface area contributed by atoms with E-state index in [-0.39, 0.29) is 16.2 Å². The van der Waals surface area contributed by atoms with Crippen LogP contribution < -0.4 is 0 Å². The zero-order valence-electron chi connectivity index (χ0n) is 12.6. The highest BCUT2D eigenvalue weighted by molar-refractivity contribution is 5.65. The van der Waals surface area contributed by atoms with E-state index in [2.05, 4.69) is 79.6 Å². The molecule has 1 nitrogen and oxygen atoms in total. The molecule has 0 heterocycles. The monoisotopic (exact) mass is 223 g/mol. The summed E-state index contributed by atoms with van der Waals surface area (Å²) in [5.41, 5.74) is 1.60. The van der Waals surface area contributed by atoms with E-state index in [0.717, 1.165) is 0 Å². The van der Waals surface area contributed by atoms with Crippen molar-refractivity contribution in [2.75, 3.05) is 0 Å². The molecule has 0 amide bonds. The second-order valence-corrected chi connectivity index (χ2v) is 7.77. The fourth-order valence-corrected chi connectivity index (χ4v) is 1.12. The van der Waals surface area contributed by atoms with Crippen molar-refractivity contribution >= 4 is 6.21 Å². The van der Waals surface area contributed by atoms with Gasteiger partial charge in [-0.1, -0.05) is 68.4 Å². The van der Waals surface area contributed by atoms with Gasteiger partial charge < -0.3 is 0 Å². The topological polar surface area (TPSA) is 12.4 Å². The van der Waals surface area contributed by atoms with Crippen molar-refractivity contribution in [2.45, 2.75) is 62.3 Å². The van der Waals surface area contributed by atoms with E-state index in [1.54, 1.807) is 0 Å². The third-order valence-corrected chi connectivity index (χ3v) is 1.93. The Morgan fingerprint density at radius 3 is 1.44 bits per heavy atom. The number of allylic oxidation sites excluding steroid dienone is 2. The molecule has 0 saturated carbocycles. The van der Waals surface area contributed by atoms with Crippen LogP contribution in [-0.2, 0) is 0 Å². The summed E-state index contributed by atoms with van der Waals surface area (Å²) in [4.78, 5) is 4.69. The molecule has 0 aromatic carbocycles. The van der Waals surface area contributed by atoms with Crippen LogP contribution in [0.1, 0.15) is 62.3 Å². The Morgan fingerprint density at radius 2 is 1.19 bits per heavy atom. The lowest BCUT2D eigenvalue weighted by molar-refractivity contribution is 0.465. The molecule has 1 heteroatoms. The lowest BCUT2D eigenvalue weighted by Crippen LogP contribution is -2.14. The smallest absolute Gasteiger partial charge is 0.0418 e. The van der Waals surface area contributed by atoms with E-state index in [1.807, 2.05) is 0 Å². The van der Waals surface area contributed by atoms with Gasteiger partial charge in [-0.25, -0.2) is 0 Å². The van der Waals surface area contributed by atoms with Gasteiger partial charge >= 0.3 is 0 Å². The Balaban J connectivity index is 5.16. The van der Waals surface area contributed by atoms with E-state index >= 15 is 0 Å². The molecule has 0 aromatic heterocycles. The van der Waals surface area contributed by atoms with Crippen LogP contribution in [0.4, 0.5) is 0 Å². The molecule has 16 heavy (non-hydrogen) atoms. The number of rotatable bonds is 1. The van der Waals surface area contributed by atoms with Crippen molar-refractivity contribution in [1.82, 2.24) is 0 Å². The molecule has 0 bridgehead atoms. The summed E-state index contributed by atoms with van der Waals surface area (Å²) in [5.74, 6) is 0. The standard InChI is InChI=1S/C15H29N/c1-13(2,3)10-12(15(7,8)9)16-11-14(4,5)6/h10-11H,1-9H3. The van der Waals surface area contributed by atoms with Crippen LogP contribution in [0.3, 0.4) is 0 Å². The first-order valence-electron chi connectivity index (χ1n) is 6.10. The van der Waals surface area contributed by atoms with Gasteiger partial charge in [-0.2, -0.15) is 0 Å². The molecular weight excluding hydrogens is 194 g/mol. The van der Waals surface area contributed by atoms with Crippen molar-refractivity contribution in [3.8, 4) is 0 Å². The van der Waals surface area contributed by atoms with Crippen LogP contribution in [0.5, 0.6) is 0 Å². The minimum Gasteiger partial charge on any atom is -0.265 e. The maximum Gasteiger partial charge on any atom is 0.0418 e. The Bertz CT molecular complexity index is 274. The lowest BCUT2D eigenvalue weighted by atomic mass is 9.85. The molecule has 0 aliphatic carbocycles. The predicted molar refractivity (Wildman–Crippen MR) is 74.9 cm³/mol. The molecule has 0 rings (SSSR count). The van der Waals surface area contributed by atoms with Crippen LogP contribution in [0, 0.1) is 16.2 Å². The first-order chi connectivity index (χ1) is 6.81. The molecule has 0 N–H and O–H groups in total. The van der Waals surface area contributed by atoms with E-state index in [0.29, 0.717) is 0 Å². The minimum atomic E-state index is 0.106. The molecule has 0 radical (unpaired) electrons. The van der Waals surface area contributed by atoms with Gasteiger partial charge in [0.1, 0.15) is 0 Å². The fraction of sp³-hybridized carbons (Fsp3) is 0.800. The van der Waals surface area contributed by atoms with Crippen LogP contribution >= 0.6 is 0 Å². The summed E-state index contributed by atoms with van der Waals surface area (Å²) in [5, 5.41) is 0. The van der Waals surface area contributed by atoms with Crippen LogP contribution in [0.2, 0.25) is 0 Å². The highest BCUT2D eigenvalue weighted by Gasteiger charge is 2.20. The van der Waals surface area contributed by atoms with Gasteiger partial charge in [0, 0.05) is 17.3 Å². The molecule has 0 saturated heterocycles. The summed E-state index contributed by atoms with van der Waals surface area (Å²) in [7, 11) is 0. The van der Waals surface area contributed by atoms with E-state index in [1.165, 1.54) is 5.70 Å². The maximum atomic E-state index is 4.69. The maximum absolute atomic E-state index is 4.69. The third-order valence-electron chi connectivity index (χ3n) is 1.93. The predicted octanol–water partition coefficient (Wildman–Crippen LogP) is 5.08. The molecule has 0 fully saturated rings. The Hall–Kier alpha value is -0.590. The zero-order chi connectivity index (χ0) is 13.2. The number of hydrogen-bond donors (Lipinski definition) is 0. The van der Waals surface area contributed by atoms with Gasteiger partial charge in [0.25, 0.3) is 0 Å². The molecule has 0 aliphatic rings. The Kier molecular flexibility index (Phi) is 4.55. The van der Waals surface area contributed by atoms with Crippen LogP contribution in [0.15, 0.2) is 16.8 Å². The normalized spacial score (nSPS) is 15.9. The Labute approximate surface area is 102 Å². The van der Waals surface area contributed by atoms with Gasteiger partial charge in [-0.05, 0) is 10.8 Å². The molecule has 0 atom stereocenters. The second kappa shape index (κ2) is 4.73. The molecule has 0 unspecified atom stereocenters. The summed E-state index contributed by atoms with van der Waals surface area (Å²) >= 11 is 0. The van der Waals surface area contributed by atoms with Crippen molar-refractivity contribution < 1.29 is 0 Å². The molecule has 0 aliphatic heterocycles. The van der Waals surface area contributed by atoms with Crippen molar-refractivity contribution in [3.05, 3.63) is 11.8 Å². The summed E-state index contributed by atoms with van der Waals surface area (Å²) in [6.45, 7) is 19.8.